The van der Waals surface area contributed by atoms with Gasteiger partial charge in [-0.1, -0.05) is 23.4 Å². The van der Waals surface area contributed by atoms with E-state index >= 15 is 0 Å². The highest BCUT2D eigenvalue weighted by atomic mass is 35.5. The third-order valence-corrected chi connectivity index (χ3v) is 6.79. The van der Waals surface area contributed by atoms with Crippen molar-refractivity contribution in [2.24, 2.45) is 5.10 Å². The first kappa shape index (κ1) is 28.8. The summed E-state index contributed by atoms with van der Waals surface area (Å²) < 4.78 is 23.5. The first-order valence-corrected chi connectivity index (χ1v) is 13.5. The highest BCUT2D eigenvalue weighted by Gasteiger charge is 2.18. The number of methoxy groups -OCH3 is 3. The van der Waals surface area contributed by atoms with Crippen molar-refractivity contribution in [2.45, 2.75) is 12.1 Å². The molecule has 1 N–H and O–H groups in total. The number of carbonyl (C=O) groups excluding carboxylic acids is 1. The molecule has 4 rings (SSSR count). The normalized spacial score (nSPS) is 10.9. The Hall–Kier alpha value is -4.22. The molecule has 4 aromatic rings. The minimum Gasteiger partial charge on any atom is -0.496 e. The van der Waals surface area contributed by atoms with E-state index in [2.05, 4.69) is 20.7 Å². The molecule has 1 heterocycles. The molecule has 40 heavy (non-hydrogen) atoms. The summed E-state index contributed by atoms with van der Waals surface area (Å²) in [5.41, 5.74) is 4.74. The van der Waals surface area contributed by atoms with Crippen LogP contribution < -0.4 is 24.4 Å². The van der Waals surface area contributed by atoms with Crippen molar-refractivity contribution in [2.75, 3.05) is 33.7 Å². The van der Waals surface area contributed by atoms with E-state index in [4.69, 9.17) is 30.5 Å². The van der Waals surface area contributed by atoms with E-state index in [1.54, 1.807) is 31.4 Å². The van der Waals surface area contributed by atoms with Crippen LogP contribution in [0.2, 0.25) is 5.02 Å². The first-order valence-electron chi connectivity index (χ1n) is 12.2. The first-order chi connectivity index (χ1) is 19.5. The molecule has 0 unspecified atom stereocenters. The van der Waals surface area contributed by atoms with Gasteiger partial charge in [-0.2, -0.15) is 5.10 Å². The van der Waals surface area contributed by atoms with Crippen LogP contribution in [0.3, 0.4) is 0 Å². The van der Waals surface area contributed by atoms with Crippen LogP contribution in [-0.4, -0.2) is 60.6 Å². The summed E-state index contributed by atoms with van der Waals surface area (Å²) >= 11 is 7.31. The smallest absolute Gasteiger partial charge is 0.250 e. The third kappa shape index (κ3) is 6.85. The van der Waals surface area contributed by atoms with Crippen molar-refractivity contribution in [3.63, 3.8) is 0 Å². The van der Waals surface area contributed by atoms with Gasteiger partial charge in [-0.15, -0.1) is 10.2 Å². The lowest BCUT2D eigenvalue weighted by molar-refractivity contribution is -0.118. The molecular formula is C28H28ClN5O5S. The summed E-state index contributed by atoms with van der Waals surface area (Å²) in [6, 6.07) is 18.3. The Balaban J connectivity index is 1.52. The Morgan fingerprint density at radius 2 is 1.65 bits per heavy atom. The molecule has 10 nitrogen and oxygen atoms in total. The topological polar surface area (TPSA) is 109 Å². The van der Waals surface area contributed by atoms with E-state index in [9.17, 15) is 4.79 Å². The second-order valence-electron chi connectivity index (χ2n) is 8.10. The van der Waals surface area contributed by atoms with Gasteiger partial charge in [0, 0.05) is 28.4 Å². The quantitative estimate of drug-likeness (QED) is 0.137. The van der Waals surface area contributed by atoms with Gasteiger partial charge < -0.3 is 18.9 Å². The van der Waals surface area contributed by atoms with Gasteiger partial charge in [0.05, 0.1) is 45.5 Å². The van der Waals surface area contributed by atoms with E-state index in [-0.39, 0.29) is 11.7 Å². The Morgan fingerprint density at radius 3 is 2.25 bits per heavy atom. The fourth-order valence-electron chi connectivity index (χ4n) is 3.73. The van der Waals surface area contributed by atoms with Crippen LogP contribution >= 0.6 is 23.4 Å². The fraction of sp³-hybridized carbons (Fsp3) is 0.214. The average molecular weight is 582 g/mol. The summed E-state index contributed by atoms with van der Waals surface area (Å²) in [6.45, 7) is 2.50. The number of aromatic nitrogens is 3. The van der Waals surface area contributed by atoms with Gasteiger partial charge in [0.15, 0.2) is 11.0 Å². The molecule has 0 saturated carbocycles. The SMILES string of the molecule is CCOc1ccc(-n2c(SCC(=O)NN=Cc3c(OC)cc(OC)cc3OC)nnc2-c2ccc(Cl)cc2)cc1. The lowest BCUT2D eigenvalue weighted by Crippen LogP contribution is -2.20. The molecule has 0 aliphatic heterocycles. The number of rotatable bonds is 12. The van der Waals surface area contributed by atoms with Crippen molar-refractivity contribution < 1.29 is 23.7 Å². The Labute approximate surface area is 241 Å². The molecule has 1 amide bonds. The molecule has 0 saturated heterocycles. The monoisotopic (exact) mass is 581 g/mol. The Kier molecular flexibility index (Phi) is 9.87. The molecule has 208 valence electrons. The second kappa shape index (κ2) is 13.7. The zero-order valence-electron chi connectivity index (χ0n) is 22.4. The molecule has 0 bridgehead atoms. The van der Waals surface area contributed by atoms with Gasteiger partial charge >= 0.3 is 0 Å². The van der Waals surface area contributed by atoms with Crippen LogP contribution in [0, 0.1) is 0 Å². The molecule has 0 spiro atoms. The van der Waals surface area contributed by atoms with Crippen molar-refractivity contribution in [3.05, 3.63) is 71.2 Å². The number of thioether (sulfide) groups is 1. The number of nitrogens with zero attached hydrogens (tertiary/aromatic N) is 4. The number of benzene rings is 3. The lowest BCUT2D eigenvalue weighted by atomic mass is 10.2. The number of carbonyl (C=O) groups is 1. The van der Waals surface area contributed by atoms with Crippen LogP contribution in [0.4, 0.5) is 0 Å². The van der Waals surface area contributed by atoms with E-state index in [1.165, 1.54) is 32.2 Å². The maximum atomic E-state index is 12.7. The number of ether oxygens (including phenoxy) is 4. The number of hydrazone groups is 1. The highest BCUT2D eigenvalue weighted by Crippen LogP contribution is 2.33. The minimum atomic E-state index is -0.331. The number of amides is 1. The van der Waals surface area contributed by atoms with Gasteiger partial charge in [0.2, 0.25) is 0 Å². The number of hydrogen-bond donors (Lipinski definition) is 1. The Bertz CT molecular complexity index is 1450. The van der Waals surface area contributed by atoms with Crippen LogP contribution in [0.25, 0.3) is 17.1 Å². The van der Waals surface area contributed by atoms with E-state index in [0.29, 0.717) is 45.4 Å². The number of hydrogen-bond acceptors (Lipinski definition) is 9. The fourth-order valence-corrected chi connectivity index (χ4v) is 4.60. The molecular weight excluding hydrogens is 554 g/mol. The summed E-state index contributed by atoms with van der Waals surface area (Å²) in [5.74, 6) is 2.63. The van der Waals surface area contributed by atoms with Gasteiger partial charge in [0.1, 0.15) is 23.0 Å². The third-order valence-electron chi connectivity index (χ3n) is 5.61. The molecule has 0 radical (unpaired) electrons. The largest absolute Gasteiger partial charge is 0.496 e. The summed E-state index contributed by atoms with van der Waals surface area (Å²) in [6.07, 6.45) is 1.46. The zero-order chi connectivity index (χ0) is 28.5. The predicted octanol–water partition coefficient (Wildman–Crippen LogP) is 5.25. The minimum absolute atomic E-state index is 0.0456. The molecule has 12 heteroatoms. The molecule has 0 atom stereocenters. The van der Waals surface area contributed by atoms with Crippen molar-refractivity contribution in [1.29, 1.82) is 0 Å². The highest BCUT2D eigenvalue weighted by molar-refractivity contribution is 7.99. The van der Waals surface area contributed by atoms with Crippen LogP contribution in [0.1, 0.15) is 12.5 Å². The Morgan fingerprint density at radius 1 is 0.975 bits per heavy atom. The van der Waals surface area contributed by atoms with Crippen LogP contribution in [0.5, 0.6) is 23.0 Å². The summed E-state index contributed by atoms with van der Waals surface area (Å²) in [5, 5.41) is 14.0. The van der Waals surface area contributed by atoms with Crippen molar-refractivity contribution in [1.82, 2.24) is 20.2 Å². The lowest BCUT2D eigenvalue weighted by Gasteiger charge is -2.12. The van der Waals surface area contributed by atoms with Gasteiger partial charge in [0.25, 0.3) is 5.91 Å². The number of nitrogens with one attached hydrogen (secondary N) is 1. The van der Waals surface area contributed by atoms with Crippen LogP contribution in [-0.2, 0) is 4.79 Å². The standard InChI is InChI=1S/C28H28ClN5O5S/c1-5-39-21-12-10-20(11-13-21)34-27(18-6-8-19(29)9-7-18)32-33-28(34)40-17-26(35)31-30-16-23-24(37-3)14-22(36-2)15-25(23)38-4/h6-16H,5,17H2,1-4H3,(H,31,35). The van der Waals surface area contributed by atoms with Crippen molar-refractivity contribution in [3.8, 4) is 40.1 Å². The molecule has 0 fully saturated rings. The summed E-state index contributed by atoms with van der Waals surface area (Å²) in [4.78, 5) is 12.7. The zero-order valence-corrected chi connectivity index (χ0v) is 24.0. The van der Waals surface area contributed by atoms with Crippen LogP contribution in [0.15, 0.2) is 70.9 Å². The van der Waals surface area contributed by atoms with Gasteiger partial charge in [-0.25, -0.2) is 5.43 Å². The molecule has 1 aromatic heterocycles. The van der Waals surface area contributed by atoms with Gasteiger partial charge in [-0.3, -0.25) is 9.36 Å². The van der Waals surface area contributed by atoms with Gasteiger partial charge in [-0.05, 0) is 55.5 Å². The predicted molar refractivity (Wildman–Crippen MR) is 156 cm³/mol. The molecule has 0 aliphatic carbocycles. The van der Waals surface area contributed by atoms with E-state index < -0.39 is 0 Å². The maximum Gasteiger partial charge on any atom is 0.250 e. The average Bonchev–Trinajstić information content (AvgIpc) is 3.40. The van der Waals surface area contributed by atoms with Crippen molar-refractivity contribution >= 4 is 35.5 Å². The van der Waals surface area contributed by atoms with E-state index in [1.807, 2.05) is 47.9 Å². The second-order valence-corrected chi connectivity index (χ2v) is 9.48. The molecule has 0 aliphatic rings. The maximum absolute atomic E-state index is 12.7. The number of halogens is 1. The molecule has 3 aromatic carbocycles. The summed E-state index contributed by atoms with van der Waals surface area (Å²) in [7, 11) is 4.61. The van der Waals surface area contributed by atoms with E-state index in [0.717, 1.165) is 17.0 Å².